The Morgan fingerprint density at radius 2 is 2.40 bits per heavy atom. The van der Waals surface area contributed by atoms with E-state index in [9.17, 15) is 4.79 Å². The van der Waals surface area contributed by atoms with Gasteiger partial charge in [0, 0.05) is 18.8 Å². The maximum atomic E-state index is 10.6. The summed E-state index contributed by atoms with van der Waals surface area (Å²) in [6, 6.07) is 0. The maximum Gasteiger partial charge on any atom is 0.309 e. The van der Waals surface area contributed by atoms with E-state index in [1.54, 1.807) is 18.6 Å². The highest BCUT2D eigenvalue weighted by molar-refractivity contribution is 5.73. The molecule has 0 amide bonds. The predicted molar refractivity (Wildman–Crippen MR) is 53.7 cm³/mol. The molecule has 0 saturated heterocycles. The zero-order valence-electron chi connectivity index (χ0n) is 8.34. The Balaban J connectivity index is 2.59. The van der Waals surface area contributed by atoms with Crippen molar-refractivity contribution in [2.24, 2.45) is 0 Å². The van der Waals surface area contributed by atoms with Crippen molar-refractivity contribution in [3.8, 4) is 0 Å². The van der Waals surface area contributed by atoms with Crippen LogP contribution in [0.5, 0.6) is 0 Å². The highest BCUT2D eigenvalue weighted by Gasteiger charge is 2.12. The van der Waals surface area contributed by atoms with Crippen molar-refractivity contribution >= 4 is 11.5 Å². The Hall–Kier alpha value is -1.91. The normalized spacial score (nSPS) is 10.7. The SMILES string of the molecule is CCc1nc(CC(=O)O)c2cnccn12. The first-order chi connectivity index (χ1) is 7.22. The van der Waals surface area contributed by atoms with Crippen molar-refractivity contribution < 1.29 is 9.90 Å². The number of aliphatic carboxylic acids is 1. The van der Waals surface area contributed by atoms with E-state index in [0.717, 1.165) is 17.8 Å². The molecule has 0 unspecified atom stereocenters. The van der Waals surface area contributed by atoms with Gasteiger partial charge in [0.05, 0.1) is 23.8 Å². The number of aryl methyl sites for hydroxylation is 1. The lowest BCUT2D eigenvalue weighted by molar-refractivity contribution is -0.136. The molecule has 2 heterocycles. The summed E-state index contributed by atoms with van der Waals surface area (Å²) in [5, 5.41) is 8.74. The molecule has 78 valence electrons. The molecule has 0 spiro atoms. The number of aromatic nitrogens is 3. The molecule has 0 aliphatic rings. The third-order valence-corrected chi connectivity index (χ3v) is 2.23. The van der Waals surface area contributed by atoms with Gasteiger partial charge in [-0.1, -0.05) is 6.92 Å². The van der Waals surface area contributed by atoms with Crippen LogP contribution >= 0.6 is 0 Å². The van der Waals surface area contributed by atoms with Gasteiger partial charge in [0.1, 0.15) is 5.82 Å². The highest BCUT2D eigenvalue weighted by atomic mass is 16.4. The molecule has 5 nitrogen and oxygen atoms in total. The van der Waals surface area contributed by atoms with Crippen LogP contribution in [0.2, 0.25) is 0 Å². The van der Waals surface area contributed by atoms with Crippen LogP contribution in [0.25, 0.3) is 5.52 Å². The third kappa shape index (κ3) is 1.68. The Bertz CT molecular complexity index is 504. The van der Waals surface area contributed by atoms with Gasteiger partial charge in [-0.3, -0.25) is 9.78 Å². The molecule has 1 N–H and O–H groups in total. The monoisotopic (exact) mass is 205 g/mol. The van der Waals surface area contributed by atoms with Crippen molar-refractivity contribution in [2.45, 2.75) is 19.8 Å². The maximum absolute atomic E-state index is 10.6. The topological polar surface area (TPSA) is 67.5 Å². The molecule has 0 radical (unpaired) electrons. The van der Waals surface area contributed by atoms with Gasteiger partial charge < -0.3 is 9.51 Å². The molecule has 0 fully saturated rings. The molecule has 15 heavy (non-hydrogen) atoms. The second-order valence-electron chi connectivity index (χ2n) is 3.23. The highest BCUT2D eigenvalue weighted by Crippen LogP contribution is 2.12. The standard InChI is InChI=1S/C10H11N3O2/c1-2-9-12-7(5-10(14)15)8-6-11-3-4-13(8)9/h3-4,6H,2,5H2,1H3,(H,14,15). The Morgan fingerprint density at radius 3 is 3.07 bits per heavy atom. The van der Waals surface area contributed by atoms with E-state index in [4.69, 9.17) is 5.11 Å². The number of carboxylic acid groups (broad SMARTS) is 1. The quantitative estimate of drug-likeness (QED) is 0.809. The van der Waals surface area contributed by atoms with Crippen LogP contribution in [-0.4, -0.2) is 25.4 Å². The number of imidazole rings is 1. The van der Waals surface area contributed by atoms with Gasteiger partial charge in [-0.15, -0.1) is 0 Å². The van der Waals surface area contributed by atoms with Gasteiger partial charge in [0.2, 0.25) is 0 Å². The number of carbonyl (C=O) groups is 1. The summed E-state index contributed by atoms with van der Waals surface area (Å²) in [4.78, 5) is 18.9. The lowest BCUT2D eigenvalue weighted by atomic mass is 10.3. The molecule has 0 saturated carbocycles. The van der Waals surface area contributed by atoms with Crippen molar-refractivity contribution in [3.05, 3.63) is 30.1 Å². The summed E-state index contributed by atoms with van der Waals surface area (Å²) in [7, 11) is 0. The Kier molecular flexibility index (Phi) is 2.37. The molecule has 0 aliphatic heterocycles. The molecule has 2 aromatic rings. The third-order valence-electron chi connectivity index (χ3n) is 2.23. The predicted octanol–water partition coefficient (Wildman–Crippen LogP) is 0.919. The van der Waals surface area contributed by atoms with Crippen LogP contribution in [-0.2, 0) is 17.6 Å². The number of nitrogens with zero attached hydrogens (tertiary/aromatic N) is 3. The first kappa shape index (κ1) is 9.64. The van der Waals surface area contributed by atoms with Gasteiger partial charge in [-0.25, -0.2) is 4.98 Å². The van der Waals surface area contributed by atoms with Gasteiger partial charge in [-0.05, 0) is 0 Å². The Labute approximate surface area is 86.4 Å². The first-order valence-corrected chi connectivity index (χ1v) is 4.74. The van der Waals surface area contributed by atoms with E-state index in [1.165, 1.54) is 0 Å². The van der Waals surface area contributed by atoms with Crippen LogP contribution in [0.3, 0.4) is 0 Å². The summed E-state index contributed by atoms with van der Waals surface area (Å²) in [5.41, 5.74) is 1.35. The molecule has 2 rings (SSSR count). The molecule has 0 aliphatic carbocycles. The molecule has 0 aromatic carbocycles. The summed E-state index contributed by atoms with van der Waals surface area (Å²) in [5.74, 6) is -0.00911. The molecule has 0 atom stereocenters. The number of hydrogen-bond acceptors (Lipinski definition) is 3. The van der Waals surface area contributed by atoms with Crippen molar-refractivity contribution in [2.75, 3.05) is 0 Å². The van der Waals surface area contributed by atoms with Gasteiger partial charge in [0.15, 0.2) is 0 Å². The van der Waals surface area contributed by atoms with E-state index < -0.39 is 5.97 Å². The summed E-state index contributed by atoms with van der Waals surface area (Å²) in [6.45, 7) is 1.99. The second-order valence-corrected chi connectivity index (χ2v) is 3.23. The average molecular weight is 205 g/mol. The molecule has 2 aromatic heterocycles. The van der Waals surface area contributed by atoms with Crippen molar-refractivity contribution in [1.29, 1.82) is 0 Å². The van der Waals surface area contributed by atoms with E-state index in [0.29, 0.717) is 5.69 Å². The molecule has 0 bridgehead atoms. The second kappa shape index (κ2) is 3.68. The fourth-order valence-corrected chi connectivity index (χ4v) is 1.59. The number of fused-ring (bicyclic) bond motifs is 1. The number of rotatable bonds is 3. The van der Waals surface area contributed by atoms with Crippen LogP contribution in [0.1, 0.15) is 18.4 Å². The van der Waals surface area contributed by atoms with E-state index in [2.05, 4.69) is 9.97 Å². The summed E-state index contributed by atoms with van der Waals surface area (Å²) < 4.78 is 1.88. The minimum absolute atomic E-state index is 0.0603. The first-order valence-electron chi connectivity index (χ1n) is 4.74. The van der Waals surface area contributed by atoms with E-state index in [1.807, 2.05) is 11.3 Å². The minimum atomic E-state index is -0.874. The van der Waals surface area contributed by atoms with Crippen LogP contribution in [0.15, 0.2) is 18.6 Å². The minimum Gasteiger partial charge on any atom is -0.481 e. The number of hydrogen-bond donors (Lipinski definition) is 1. The molecular weight excluding hydrogens is 194 g/mol. The Morgan fingerprint density at radius 1 is 1.60 bits per heavy atom. The van der Waals surface area contributed by atoms with Crippen molar-refractivity contribution in [3.63, 3.8) is 0 Å². The lowest BCUT2D eigenvalue weighted by Crippen LogP contribution is -2.00. The van der Waals surface area contributed by atoms with Crippen LogP contribution in [0.4, 0.5) is 0 Å². The van der Waals surface area contributed by atoms with Gasteiger partial charge in [-0.2, -0.15) is 0 Å². The fraction of sp³-hybridized carbons (Fsp3) is 0.300. The summed E-state index contributed by atoms with van der Waals surface area (Å²) >= 11 is 0. The van der Waals surface area contributed by atoms with Crippen LogP contribution < -0.4 is 0 Å². The fourth-order valence-electron chi connectivity index (χ4n) is 1.59. The van der Waals surface area contributed by atoms with Gasteiger partial charge >= 0.3 is 5.97 Å². The molecule has 5 heteroatoms. The lowest BCUT2D eigenvalue weighted by Gasteiger charge is -1.95. The number of carboxylic acids is 1. The largest absolute Gasteiger partial charge is 0.481 e. The van der Waals surface area contributed by atoms with E-state index in [-0.39, 0.29) is 6.42 Å². The van der Waals surface area contributed by atoms with Crippen LogP contribution in [0, 0.1) is 0 Å². The smallest absolute Gasteiger partial charge is 0.309 e. The van der Waals surface area contributed by atoms with Gasteiger partial charge in [0.25, 0.3) is 0 Å². The van der Waals surface area contributed by atoms with Crippen molar-refractivity contribution in [1.82, 2.24) is 14.4 Å². The summed E-state index contributed by atoms with van der Waals surface area (Å²) in [6.07, 6.45) is 5.81. The van der Waals surface area contributed by atoms with E-state index >= 15 is 0 Å². The average Bonchev–Trinajstić information content (AvgIpc) is 2.56. The zero-order valence-corrected chi connectivity index (χ0v) is 8.34. The molecular formula is C10H11N3O2. The zero-order chi connectivity index (χ0) is 10.8.